The molecule has 2 aromatic rings. The summed E-state index contributed by atoms with van der Waals surface area (Å²) >= 11 is 0. The number of aromatic nitrogens is 4. The van der Waals surface area contributed by atoms with Gasteiger partial charge in [-0.25, -0.2) is 4.79 Å². The summed E-state index contributed by atoms with van der Waals surface area (Å²) in [5.41, 5.74) is 3.24. The number of nitrogens with one attached hydrogen (secondary N) is 2. The number of hydrogen-bond acceptors (Lipinski definition) is 4. The molecule has 0 unspecified atom stereocenters. The summed E-state index contributed by atoms with van der Waals surface area (Å²) in [6.07, 6.45) is 4.88. The van der Waals surface area contributed by atoms with E-state index in [9.17, 15) is 9.59 Å². The number of aryl methyl sites for hydroxylation is 2. The molecule has 1 fully saturated rings. The maximum atomic E-state index is 12.6. The molecule has 1 aliphatic heterocycles. The number of carbonyl (C=O) groups is 1. The van der Waals surface area contributed by atoms with Crippen LogP contribution in [-0.4, -0.2) is 44.1 Å². The minimum absolute atomic E-state index is 0.157. The Balaban J connectivity index is 1.62. The second kappa shape index (κ2) is 6.98. The molecule has 3 rings (SSSR count). The van der Waals surface area contributed by atoms with Crippen LogP contribution in [-0.2, 0) is 11.2 Å². The first-order valence-corrected chi connectivity index (χ1v) is 8.38. The van der Waals surface area contributed by atoms with E-state index in [1.54, 1.807) is 6.20 Å². The third-order valence-corrected chi connectivity index (χ3v) is 4.78. The summed E-state index contributed by atoms with van der Waals surface area (Å²) in [6.45, 7) is 5.22. The second-order valence-electron chi connectivity index (χ2n) is 6.42. The van der Waals surface area contributed by atoms with E-state index in [0.29, 0.717) is 24.5 Å². The van der Waals surface area contributed by atoms with Crippen LogP contribution >= 0.6 is 0 Å². The molecule has 1 aliphatic rings. The van der Waals surface area contributed by atoms with Crippen molar-refractivity contribution in [3.8, 4) is 0 Å². The number of carbonyl (C=O) groups excluding carboxylic acids is 1. The van der Waals surface area contributed by atoms with Crippen LogP contribution in [0, 0.1) is 13.8 Å². The average molecular weight is 329 g/mol. The summed E-state index contributed by atoms with van der Waals surface area (Å²) in [6, 6.07) is 1.98. The fraction of sp³-hybridized carbons (Fsp3) is 0.529. The van der Waals surface area contributed by atoms with Crippen LogP contribution in [0.2, 0.25) is 0 Å². The Hall–Kier alpha value is -2.44. The highest BCUT2D eigenvalue weighted by Gasteiger charge is 2.25. The zero-order valence-electron chi connectivity index (χ0n) is 14.1. The number of piperidine rings is 1. The Morgan fingerprint density at radius 1 is 1.42 bits per heavy atom. The highest BCUT2D eigenvalue weighted by Crippen LogP contribution is 2.25. The Kier molecular flexibility index (Phi) is 4.78. The fourth-order valence-electron chi connectivity index (χ4n) is 3.46. The van der Waals surface area contributed by atoms with Crippen molar-refractivity contribution in [2.24, 2.45) is 0 Å². The van der Waals surface area contributed by atoms with Crippen LogP contribution in [0.3, 0.4) is 0 Å². The van der Waals surface area contributed by atoms with E-state index >= 15 is 0 Å². The van der Waals surface area contributed by atoms with E-state index in [2.05, 4.69) is 20.2 Å². The predicted octanol–water partition coefficient (Wildman–Crippen LogP) is 1.45. The van der Waals surface area contributed by atoms with Gasteiger partial charge in [0.05, 0.1) is 0 Å². The largest absolute Gasteiger partial charge is 0.345 e. The normalized spacial score (nSPS) is 17.9. The lowest BCUT2D eigenvalue weighted by molar-refractivity contribution is -0.132. The summed E-state index contributed by atoms with van der Waals surface area (Å²) < 4.78 is 0. The van der Waals surface area contributed by atoms with Gasteiger partial charge in [0.2, 0.25) is 5.91 Å². The maximum Gasteiger partial charge on any atom is 0.345 e. The highest BCUT2D eigenvalue weighted by atomic mass is 16.2. The fourth-order valence-corrected chi connectivity index (χ4v) is 3.46. The van der Waals surface area contributed by atoms with Crippen molar-refractivity contribution in [3.63, 3.8) is 0 Å². The van der Waals surface area contributed by atoms with Crippen LogP contribution in [0.25, 0.3) is 0 Å². The van der Waals surface area contributed by atoms with Gasteiger partial charge in [0, 0.05) is 48.7 Å². The lowest BCUT2D eigenvalue weighted by atomic mass is 9.94. The van der Waals surface area contributed by atoms with E-state index in [1.807, 2.05) is 24.8 Å². The van der Waals surface area contributed by atoms with Gasteiger partial charge < -0.3 is 9.88 Å². The quantitative estimate of drug-likeness (QED) is 0.887. The molecule has 0 spiro atoms. The van der Waals surface area contributed by atoms with Crippen LogP contribution in [0.15, 0.2) is 17.1 Å². The average Bonchev–Trinajstić information content (AvgIpc) is 3.08. The molecule has 7 heteroatoms. The van der Waals surface area contributed by atoms with Gasteiger partial charge in [0.1, 0.15) is 0 Å². The standard InChI is InChI=1S/C17H23N5O2/c1-11-14(12(2)20-17(24)19-11)5-6-16(23)22-9-3-4-13(10-22)15-7-8-18-21-15/h7-8,13H,3-6,9-10H2,1-2H3,(H,18,21)(H,19,20,24)/t13-/m0/s1. The molecule has 0 saturated carbocycles. The molecule has 1 saturated heterocycles. The number of hydrogen-bond donors (Lipinski definition) is 2. The smallest absolute Gasteiger partial charge is 0.342 e. The van der Waals surface area contributed by atoms with Crippen molar-refractivity contribution in [2.75, 3.05) is 13.1 Å². The third-order valence-electron chi connectivity index (χ3n) is 4.78. The third kappa shape index (κ3) is 3.55. The van der Waals surface area contributed by atoms with Crippen molar-refractivity contribution in [3.05, 3.63) is 45.4 Å². The van der Waals surface area contributed by atoms with Crippen LogP contribution in [0.4, 0.5) is 0 Å². The van der Waals surface area contributed by atoms with Crippen molar-refractivity contribution in [1.29, 1.82) is 0 Å². The Morgan fingerprint density at radius 2 is 2.25 bits per heavy atom. The van der Waals surface area contributed by atoms with Gasteiger partial charge in [0.15, 0.2) is 0 Å². The Labute approximate surface area is 140 Å². The van der Waals surface area contributed by atoms with E-state index in [-0.39, 0.29) is 11.6 Å². The minimum atomic E-state index is -0.335. The molecule has 128 valence electrons. The molecular weight excluding hydrogens is 306 g/mol. The molecule has 24 heavy (non-hydrogen) atoms. The van der Waals surface area contributed by atoms with Gasteiger partial charge >= 0.3 is 5.69 Å². The molecule has 0 aromatic carbocycles. The summed E-state index contributed by atoms with van der Waals surface area (Å²) in [5.74, 6) is 0.493. The van der Waals surface area contributed by atoms with Crippen molar-refractivity contribution < 1.29 is 4.79 Å². The number of aromatic amines is 2. The molecular formula is C17H23N5O2. The van der Waals surface area contributed by atoms with Crippen LogP contribution in [0.1, 0.15) is 47.8 Å². The predicted molar refractivity (Wildman–Crippen MR) is 89.8 cm³/mol. The molecule has 1 atom stereocenters. The highest BCUT2D eigenvalue weighted by molar-refractivity contribution is 5.76. The van der Waals surface area contributed by atoms with Crippen molar-refractivity contribution in [2.45, 2.75) is 45.4 Å². The summed E-state index contributed by atoms with van der Waals surface area (Å²) in [7, 11) is 0. The second-order valence-corrected chi connectivity index (χ2v) is 6.42. The minimum Gasteiger partial charge on any atom is -0.342 e. The van der Waals surface area contributed by atoms with Gasteiger partial charge in [0.25, 0.3) is 0 Å². The summed E-state index contributed by atoms with van der Waals surface area (Å²) in [4.78, 5) is 32.5. The Bertz CT molecular complexity index is 740. The Morgan fingerprint density at radius 3 is 2.96 bits per heavy atom. The summed E-state index contributed by atoms with van der Waals surface area (Å²) in [5, 5.41) is 7.02. The van der Waals surface area contributed by atoms with E-state index in [0.717, 1.165) is 42.9 Å². The number of amides is 1. The maximum absolute atomic E-state index is 12.6. The molecule has 2 aromatic heterocycles. The number of nitrogens with zero attached hydrogens (tertiary/aromatic N) is 3. The molecule has 0 aliphatic carbocycles. The lowest BCUT2D eigenvalue weighted by Gasteiger charge is -2.32. The molecule has 0 bridgehead atoms. The van der Waals surface area contributed by atoms with E-state index in [4.69, 9.17) is 0 Å². The first-order valence-electron chi connectivity index (χ1n) is 8.38. The van der Waals surface area contributed by atoms with Gasteiger partial charge in [-0.05, 0) is 44.7 Å². The SMILES string of the molecule is Cc1nc(=O)[nH]c(C)c1CCC(=O)N1CCC[C@H](c2ccn[nH]2)C1. The van der Waals surface area contributed by atoms with Gasteiger partial charge in [-0.2, -0.15) is 10.1 Å². The topological polar surface area (TPSA) is 94.7 Å². The number of likely N-dealkylation sites (tertiary alicyclic amines) is 1. The van der Waals surface area contributed by atoms with Crippen LogP contribution < -0.4 is 5.69 Å². The molecule has 1 amide bonds. The van der Waals surface area contributed by atoms with E-state index < -0.39 is 0 Å². The molecule has 3 heterocycles. The zero-order chi connectivity index (χ0) is 17.1. The van der Waals surface area contributed by atoms with Crippen molar-refractivity contribution in [1.82, 2.24) is 25.1 Å². The van der Waals surface area contributed by atoms with E-state index in [1.165, 1.54) is 0 Å². The van der Waals surface area contributed by atoms with Crippen molar-refractivity contribution >= 4 is 5.91 Å². The molecule has 7 nitrogen and oxygen atoms in total. The molecule has 0 radical (unpaired) electrons. The van der Waals surface area contributed by atoms with Gasteiger partial charge in [-0.15, -0.1) is 0 Å². The first-order chi connectivity index (χ1) is 11.5. The van der Waals surface area contributed by atoms with Gasteiger partial charge in [-0.1, -0.05) is 0 Å². The first kappa shape index (κ1) is 16.4. The number of rotatable bonds is 4. The van der Waals surface area contributed by atoms with Crippen LogP contribution in [0.5, 0.6) is 0 Å². The lowest BCUT2D eigenvalue weighted by Crippen LogP contribution is -2.39. The zero-order valence-corrected chi connectivity index (χ0v) is 14.1. The molecule has 2 N–H and O–H groups in total. The monoisotopic (exact) mass is 329 g/mol. The number of H-pyrrole nitrogens is 2. The van der Waals surface area contributed by atoms with Gasteiger partial charge in [-0.3, -0.25) is 9.89 Å².